The highest BCUT2D eigenvalue weighted by Crippen LogP contribution is 2.28. The minimum atomic E-state index is -0.855. The summed E-state index contributed by atoms with van der Waals surface area (Å²) in [5.41, 5.74) is 5.48. The van der Waals surface area contributed by atoms with Crippen LogP contribution in [0.25, 0.3) is 0 Å². The third-order valence-electron chi connectivity index (χ3n) is 4.71. The van der Waals surface area contributed by atoms with Gasteiger partial charge in [-0.15, -0.1) is 0 Å². The van der Waals surface area contributed by atoms with E-state index in [1.165, 1.54) is 12.3 Å². The summed E-state index contributed by atoms with van der Waals surface area (Å²) in [5, 5.41) is 5.96. The van der Waals surface area contributed by atoms with Gasteiger partial charge in [-0.1, -0.05) is 0 Å². The maximum absolute atomic E-state index is 14.8. The predicted molar refractivity (Wildman–Crippen MR) is 101 cm³/mol. The van der Waals surface area contributed by atoms with E-state index in [0.717, 1.165) is 12.3 Å². The van der Waals surface area contributed by atoms with E-state index in [1.807, 2.05) is 7.05 Å². The molecule has 150 valence electrons. The van der Waals surface area contributed by atoms with Gasteiger partial charge in [0.25, 0.3) is 5.91 Å². The molecule has 0 spiro atoms. The number of carbonyl (C=O) groups is 1. The smallest absolute Gasteiger partial charge is 0.252 e. The molecule has 1 amide bonds. The zero-order valence-electron chi connectivity index (χ0n) is 15.6. The van der Waals surface area contributed by atoms with Gasteiger partial charge < -0.3 is 26.0 Å². The average Bonchev–Trinajstić information content (AvgIpc) is 2.68. The number of rotatable bonds is 6. The first-order valence-corrected chi connectivity index (χ1v) is 8.76. The Kier molecular flexibility index (Phi) is 6.00. The average molecular weight is 392 g/mol. The molecule has 1 fully saturated rings. The van der Waals surface area contributed by atoms with Crippen molar-refractivity contribution in [1.82, 2.24) is 15.3 Å². The number of amides is 1. The second kappa shape index (κ2) is 8.44. The van der Waals surface area contributed by atoms with Gasteiger partial charge in [0.15, 0.2) is 11.6 Å². The molecule has 28 heavy (non-hydrogen) atoms. The van der Waals surface area contributed by atoms with Crippen LogP contribution in [0, 0.1) is 11.6 Å². The summed E-state index contributed by atoms with van der Waals surface area (Å²) in [5.74, 6) is -2.03. The van der Waals surface area contributed by atoms with Crippen molar-refractivity contribution in [2.45, 2.75) is 18.5 Å². The third kappa shape index (κ3) is 4.18. The zero-order chi connectivity index (χ0) is 20.3. The fraction of sp³-hybridized carbons (Fsp3) is 0.389. The maximum Gasteiger partial charge on any atom is 0.252 e. The summed E-state index contributed by atoms with van der Waals surface area (Å²) in [6.45, 7) is 1.04. The summed E-state index contributed by atoms with van der Waals surface area (Å²) in [6.07, 6.45) is 3.08. The Bertz CT molecular complexity index is 866. The summed E-state index contributed by atoms with van der Waals surface area (Å²) >= 11 is 0. The van der Waals surface area contributed by atoms with Crippen LogP contribution in [-0.4, -0.2) is 55.3 Å². The van der Waals surface area contributed by atoms with E-state index in [2.05, 4.69) is 20.6 Å². The van der Waals surface area contributed by atoms with Gasteiger partial charge in [0.2, 0.25) is 0 Å². The Morgan fingerprint density at radius 2 is 2.14 bits per heavy atom. The van der Waals surface area contributed by atoms with Crippen LogP contribution in [0.1, 0.15) is 16.8 Å². The van der Waals surface area contributed by atoms with E-state index in [0.29, 0.717) is 19.6 Å². The number of nitrogens with two attached hydrogens (primary N) is 1. The minimum Gasteiger partial charge on any atom is -0.380 e. The van der Waals surface area contributed by atoms with Crippen molar-refractivity contribution in [3.05, 3.63) is 41.7 Å². The second-order valence-corrected chi connectivity index (χ2v) is 6.51. The van der Waals surface area contributed by atoms with Gasteiger partial charge in [-0.05, 0) is 19.5 Å². The molecule has 2 atom stereocenters. The number of pyridine rings is 2. The number of anilines is 3. The number of nitrogens with zero attached hydrogens (tertiary/aromatic N) is 3. The molecule has 4 N–H and O–H groups in total. The summed E-state index contributed by atoms with van der Waals surface area (Å²) in [4.78, 5) is 21.5. The molecule has 0 aliphatic carbocycles. The lowest BCUT2D eigenvalue weighted by Gasteiger charge is -2.38. The van der Waals surface area contributed by atoms with E-state index in [9.17, 15) is 13.6 Å². The molecular formula is C18H22F2N6O2. The van der Waals surface area contributed by atoms with Crippen molar-refractivity contribution < 1.29 is 18.3 Å². The molecule has 3 heterocycles. The fourth-order valence-corrected chi connectivity index (χ4v) is 3.25. The number of primary amides is 1. The highest BCUT2D eigenvalue weighted by Gasteiger charge is 2.30. The van der Waals surface area contributed by atoms with Crippen LogP contribution in [0.3, 0.4) is 0 Å². The molecule has 0 radical (unpaired) electrons. The molecule has 8 nitrogen and oxygen atoms in total. The molecule has 0 saturated carbocycles. The van der Waals surface area contributed by atoms with Crippen molar-refractivity contribution in [2.75, 3.05) is 37.5 Å². The Morgan fingerprint density at radius 1 is 1.36 bits per heavy atom. The normalized spacial score (nSPS) is 19.3. The van der Waals surface area contributed by atoms with E-state index in [-0.39, 0.29) is 35.0 Å². The van der Waals surface area contributed by atoms with Gasteiger partial charge >= 0.3 is 0 Å². The van der Waals surface area contributed by atoms with Gasteiger partial charge in [0.1, 0.15) is 11.6 Å². The van der Waals surface area contributed by atoms with Crippen LogP contribution >= 0.6 is 0 Å². The highest BCUT2D eigenvalue weighted by molar-refractivity contribution is 5.98. The lowest BCUT2D eigenvalue weighted by atomic mass is 10.0. The van der Waals surface area contributed by atoms with Gasteiger partial charge in [0, 0.05) is 25.8 Å². The van der Waals surface area contributed by atoms with E-state index < -0.39 is 17.5 Å². The molecule has 1 aliphatic rings. The molecule has 2 unspecified atom stereocenters. The third-order valence-corrected chi connectivity index (χ3v) is 4.71. The molecular weight excluding hydrogens is 370 g/mol. The van der Waals surface area contributed by atoms with E-state index >= 15 is 0 Å². The quantitative estimate of drug-likeness (QED) is 0.683. The van der Waals surface area contributed by atoms with Crippen LogP contribution in [0.4, 0.5) is 26.1 Å². The SMILES string of the molecule is CNC1COCCC1N(C)c1nc(Nc2cncc(F)c2)c(C(N)=O)cc1F. The Morgan fingerprint density at radius 3 is 2.82 bits per heavy atom. The lowest BCUT2D eigenvalue weighted by Crippen LogP contribution is -2.53. The number of hydrogen-bond donors (Lipinski definition) is 3. The Hall–Kier alpha value is -2.85. The van der Waals surface area contributed by atoms with Gasteiger partial charge in [-0.25, -0.2) is 13.8 Å². The largest absolute Gasteiger partial charge is 0.380 e. The van der Waals surface area contributed by atoms with Gasteiger partial charge in [-0.2, -0.15) is 0 Å². The first kappa shape index (κ1) is 19.9. The van der Waals surface area contributed by atoms with Crippen molar-refractivity contribution in [3.63, 3.8) is 0 Å². The minimum absolute atomic E-state index is 0.0143. The number of ether oxygens (including phenoxy) is 1. The number of halogens is 2. The van der Waals surface area contributed by atoms with Crippen LogP contribution in [0.15, 0.2) is 24.5 Å². The molecule has 0 aromatic carbocycles. The molecule has 1 saturated heterocycles. The Labute approximate surface area is 161 Å². The molecule has 3 rings (SSSR count). The first-order chi connectivity index (χ1) is 13.4. The molecule has 0 bridgehead atoms. The molecule has 2 aromatic heterocycles. The predicted octanol–water partition coefficient (Wildman–Crippen LogP) is 1.41. The van der Waals surface area contributed by atoms with Crippen molar-refractivity contribution in [1.29, 1.82) is 0 Å². The van der Waals surface area contributed by atoms with Crippen LogP contribution in [0.2, 0.25) is 0 Å². The number of nitrogens with one attached hydrogen (secondary N) is 2. The van der Waals surface area contributed by atoms with Crippen molar-refractivity contribution in [2.24, 2.45) is 5.73 Å². The standard InChI is InChI=1S/C18H22F2N6O2/c1-22-14-9-28-4-3-15(14)26(2)18-13(20)6-12(16(21)27)17(25-18)24-11-5-10(19)7-23-8-11/h5-8,14-15,22H,3-4,9H2,1-2H3,(H2,21,27)(H,24,25). The van der Waals surface area contributed by atoms with E-state index in [4.69, 9.17) is 10.5 Å². The highest BCUT2D eigenvalue weighted by atomic mass is 19.1. The van der Waals surface area contributed by atoms with Crippen LogP contribution in [-0.2, 0) is 4.74 Å². The van der Waals surface area contributed by atoms with Crippen LogP contribution < -0.4 is 21.3 Å². The first-order valence-electron chi connectivity index (χ1n) is 8.76. The maximum atomic E-state index is 14.8. The summed E-state index contributed by atoms with van der Waals surface area (Å²) in [7, 11) is 3.54. The van der Waals surface area contributed by atoms with Crippen molar-refractivity contribution in [3.8, 4) is 0 Å². The van der Waals surface area contributed by atoms with Gasteiger partial charge in [-0.3, -0.25) is 9.78 Å². The number of likely N-dealkylation sites (N-methyl/N-ethyl adjacent to an activating group) is 2. The molecule has 10 heteroatoms. The number of aromatic nitrogens is 2. The van der Waals surface area contributed by atoms with E-state index in [1.54, 1.807) is 11.9 Å². The summed E-state index contributed by atoms with van der Waals surface area (Å²) < 4.78 is 33.7. The molecule has 1 aliphatic heterocycles. The van der Waals surface area contributed by atoms with Crippen molar-refractivity contribution >= 4 is 23.2 Å². The lowest BCUT2D eigenvalue weighted by molar-refractivity contribution is 0.0600. The zero-order valence-corrected chi connectivity index (χ0v) is 15.6. The number of carbonyl (C=O) groups excluding carboxylic acids is 1. The number of hydrogen-bond acceptors (Lipinski definition) is 7. The van der Waals surface area contributed by atoms with Gasteiger partial charge in [0.05, 0.1) is 36.3 Å². The summed E-state index contributed by atoms with van der Waals surface area (Å²) in [6, 6.07) is 2.13. The monoisotopic (exact) mass is 392 g/mol. The molecule has 2 aromatic rings. The Balaban J connectivity index is 1.98. The second-order valence-electron chi connectivity index (χ2n) is 6.51. The topological polar surface area (TPSA) is 105 Å². The fourth-order valence-electron chi connectivity index (χ4n) is 3.25. The van der Waals surface area contributed by atoms with Crippen LogP contribution in [0.5, 0.6) is 0 Å².